The number of carboxylic acids is 1. The van der Waals surface area contributed by atoms with Crippen LogP contribution in [-0.4, -0.2) is 55.6 Å². The maximum absolute atomic E-state index is 10.8. The Morgan fingerprint density at radius 3 is 2.83 bits per heavy atom. The van der Waals surface area contributed by atoms with E-state index in [-0.39, 0.29) is 6.61 Å². The summed E-state index contributed by atoms with van der Waals surface area (Å²) in [5, 5.41) is 8.85. The van der Waals surface area contributed by atoms with Gasteiger partial charge in [0.1, 0.15) is 11.4 Å². The number of H-pyrrole nitrogens is 1. The van der Waals surface area contributed by atoms with Gasteiger partial charge in [0.2, 0.25) is 0 Å². The highest BCUT2D eigenvalue weighted by Gasteiger charge is 2.23. The van der Waals surface area contributed by atoms with Gasteiger partial charge in [0.25, 0.3) is 0 Å². The first kappa shape index (κ1) is 19.1. The van der Waals surface area contributed by atoms with E-state index in [0.29, 0.717) is 11.7 Å². The van der Waals surface area contributed by atoms with Gasteiger partial charge in [-0.15, -0.1) is 0 Å². The second-order valence-corrected chi connectivity index (χ2v) is 7.11. The molecular weight excluding hydrogens is 370 g/mol. The van der Waals surface area contributed by atoms with Crippen molar-refractivity contribution in [2.45, 2.75) is 25.3 Å². The summed E-state index contributed by atoms with van der Waals surface area (Å²) in [6.45, 7) is 2.28. The van der Waals surface area contributed by atoms with Crippen molar-refractivity contribution in [3.63, 3.8) is 0 Å². The molecule has 0 saturated carbocycles. The zero-order valence-corrected chi connectivity index (χ0v) is 16.0. The van der Waals surface area contributed by atoms with Crippen LogP contribution in [0.1, 0.15) is 30.0 Å². The maximum Gasteiger partial charge on any atom is 0.341 e. The molecule has 1 aromatic carbocycles. The lowest BCUT2D eigenvalue weighted by atomic mass is 9.93. The summed E-state index contributed by atoms with van der Waals surface area (Å²) in [6.07, 6.45) is 9.05. The summed E-state index contributed by atoms with van der Waals surface area (Å²) in [4.78, 5) is 29.6. The number of hydrogen-bond acceptors (Lipinski definition) is 6. The van der Waals surface area contributed by atoms with Gasteiger partial charge in [-0.3, -0.25) is 9.88 Å². The van der Waals surface area contributed by atoms with Crippen LogP contribution in [0, 0.1) is 0 Å². The molecule has 0 atom stereocenters. The average Bonchev–Trinajstić information content (AvgIpc) is 3.29. The maximum atomic E-state index is 10.8. The van der Waals surface area contributed by atoms with Crippen molar-refractivity contribution in [1.29, 1.82) is 0 Å². The molecule has 8 heteroatoms. The normalized spacial score (nSPS) is 15.3. The SMILES string of the molecule is O=C(O)COc1ccccc1CN1CCC(c2cncc(-c3ncc[nH]3)n2)CC1. The molecular formula is C21H23N5O3. The number of carboxylic acid groups (broad SMARTS) is 1. The number of ether oxygens (including phenoxy) is 1. The van der Waals surface area contributed by atoms with E-state index in [1.807, 2.05) is 30.5 Å². The molecule has 1 fully saturated rings. The molecule has 2 aromatic heterocycles. The molecule has 1 aliphatic rings. The zero-order valence-electron chi connectivity index (χ0n) is 16.0. The molecule has 0 radical (unpaired) electrons. The summed E-state index contributed by atoms with van der Waals surface area (Å²) in [6, 6.07) is 7.62. The highest BCUT2D eigenvalue weighted by Crippen LogP contribution is 2.29. The Labute approximate surface area is 168 Å². The molecule has 150 valence electrons. The lowest BCUT2D eigenvalue weighted by Crippen LogP contribution is -2.33. The van der Waals surface area contributed by atoms with Gasteiger partial charge in [-0.25, -0.2) is 14.8 Å². The second kappa shape index (κ2) is 8.83. The van der Waals surface area contributed by atoms with E-state index < -0.39 is 5.97 Å². The van der Waals surface area contributed by atoms with Gasteiger partial charge in [0, 0.05) is 36.6 Å². The fourth-order valence-corrected chi connectivity index (χ4v) is 3.64. The first-order valence-electron chi connectivity index (χ1n) is 9.65. The van der Waals surface area contributed by atoms with Crippen molar-refractivity contribution in [2.75, 3.05) is 19.7 Å². The lowest BCUT2D eigenvalue weighted by Gasteiger charge is -2.32. The van der Waals surface area contributed by atoms with Crippen LogP contribution in [0.25, 0.3) is 11.5 Å². The number of rotatable bonds is 7. The minimum atomic E-state index is -0.974. The van der Waals surface area contributed by atoms with Crippen LogP contribution in [0.15, 0.2) is 49.1 Å². The van der Waals surface area contributed by atoms with Gasteiger partial charge in [-0.05, 0) is 32.0 Å². The number of aliphatic carboxylic acids is 1. The van der Waals surface area contributed by atoms with Crippen LogP contribution in [-0.2, 0) is 11.3 Å². The minimum absolute atomic E-state index is 0.330. The Morgan fingerprint density at radius 2 is 2.07 bits per heavy atom. The zero-order chi connectivity index (χ0) is 20.1. The van der Waals surface area contributed by atoms with Crippen LogP contribution in [0.2, 0.25) is 0 Å². The Hall–Kier alpha value is -3.26. The van der Waals surface area contributed by atoms with Gasteiger partial charge in [-0.2, -0.15) is 0 Å². The van der Waals surface area contributed by atoms with E-state index in [9.17, 15) is 4.79 Å². The number of aromatic nitrogens is 4. The average molecular weight is 393 g/mol. The monoisotopic (exact) mass is 393 g/mol. The summed E-state index contributed by atoms with van der Waals surface area (Å²) in [5.41, 5.74) is 2.77. The van der Waals surface area contributed by atoms with Crippen molar-refractivity contribution in [3.8, 4) is 17.3 Å². The first-order valence-corrected chi connectivity index (χ1v) is 9.65. The van der Waals surface area contributed by atoms with E-state index in [1.165, 1.54) is 0 Å². The van der Waals surface area contributed by atoms with Crippen LogP contribution in [0.4, 0.5) is 0 Å². The third kappa shape index (κ3) is 4.78. The predicted molar refractivity (Wildman–Crippen MR) is 106 cm³/mol. The fourth-order valence-electron chi connectivity index (χ4n) is 3.64. The van der Waals surface area contributed by atoms with Gasteiger partial charge in [0.15, 0.2) is 12.4 Å². The topological polar surface area (TPSA) is 104 Å². The lowest BCUT2D eigenvalue weighted by molar-refractivity contribution is -0.139. The Balaban J connectivity index is 1.37. The van der Waals surface area contributed by atoms with Crippen molar-refractivity contribution < 1.29 is 14.6 Å². The smallest absolute Gasteiger partial charge is 0.341 e. The molecule has 1 aliphatic heterocycles. The quantitative estimate of drug-likeness (QED) is 0.636. The molecule has 0 spiro atoms. The largest absolute Gasteiger partial charge is 0.482 e. The highest BCUT2D eigenvalue weighted by molar-refractivity contribution is 5.68. The molecule has 1 saturated heterocycles. The predicted octanol–water partition coefficient (Wildman–Crippen LogP) is 2.71. The molecule has 0 unspecified atom stereocenters. The van der Waals surface area contributed by atoms with E-state index in [2.05, 4.69) is 19.9 Å². The number of likely N-dealkylation sites (tertiary alicyclic amines) is 1. The number of nitrogens with zero attached hydrogens (tertiary/aromatic N) is 4. The number of imidazole rings is 1. The number of hydrogen-bond donors (Lipinski definition) is 2. The van der Waals surface area contributed by atoms with E-state index in [0.717, 1.165) is 55.3 Å². The fraction of sp³-hybridized carbons (Fsp3) is 0.333. The summed E-state index contributed by atoms with van der Waals surface area (Å²) >= 11 is 0. The number of para-hydroxylation sites is 1. The number of carbonyl (C=O) groups is 1. The van der Waals surface area contributed by atoms with Crippen molar-refractivity contribution in [3.05, 3.63) is 60.3 Å². The van der Waals surface area contributed by atoms with Crippen molar-refractivity contribution >= 4 is 5.97 Å². The van der Waals surface area contributed by atoms with Gasteiger partial charge >= 0.3 is 5.97 Å². The second-order valence-electron chi connectivity index (χ2n) is 7.11. The Kier molecular flexibility index (Phi) is 5.81. The van der Waals surface area contributed by atoms with Gasteiger partial charge in [0.05, 0.1) is 11.9 Å². The van der Waals surface area contributed by atoms with Crippen molar-refractivity contribution in [2.24, 2.45) is 0 Å². The third-order valence-corrected chi connectivity index (χ3v) is 5.12. The van der Waals surface area contributed by atoms with Crippen molar-refractivity contribution in [1.82, 2.24) is 24.8 Å². The number of piperidine rings is 1. The molecule has 0 bridgehead atoms. The van der Waals surface area contributed by atoms with E-state index >= 15 is 0 Å². The number of aromatic amines is 1. The van der Waals surface area contributed by atoms with Crippen LogP contribution in [0.3, 0.4) is 0 Å². The number of nitrogens with one attached hydrogen (secondary N) is 1. The molecule has 4 rings (SSSR count). The van der Waals surface area contributed by atoms with Crippen LogP contribution in [0.5, 0.6) is 5.75 Å². The molecule has 29 heavy (non-hydrogen) atoms. The minimum Gasteiger partial charge on any atom is -0.482 e. The molecule has 8 nitrogen and oxygen atoms in total. The van der Waals surface area contributed by atoms with Gasteiger partial charge in [-0.1, -0.05) is 18.2 Å². The summed E-state index contributed by atoms with van der Waals surface area (Å²) in [5.74, 6) is 0.759. The summed E-state index contributed by atoms with van der Waals surface area (Å²) < 4.78 is 5.43. The Bertz CT molecular complexity index is 952. The molecule has 3 aromatic rings. The van der Waals surface area contributed by atoms with E-state index in [4.69, 9.17) is 14.8 Å². The first-order chi connectivity index (χ1) is 14.2. The van der Waals surface area contributed by atoms with Gasteiger partial charge < -0.3 is 14.8 Å². The Morgan fingerprint density at radius 1 is 1.24 bits per heavy atom. The van der Waals surface area contributed by atoms with Crippen LogP contribution >= 0.6 is 0 Å². The molecule has 0 amide bonds. The standard InChI is InChI=1S/C21H23N5O3/c27-20(28)14-29-19-4-2-1-3-16(19)13-26-9-5-15(6-10-26)17-11-22-12-18(25-17)21-23-7-8-24-21/h1-4,7-8,11-12,15H,5-6,9-10,13-14H2,(H,23,24)(H,27,28). The number of benzene rings is 1. The summed E-state index contributed by atoms with van der Waals surface area (Å²) in [7, 11) is 0. The third-order valence-electron chi connectivity index (χ3n) is 5.12. The molecule has 2 N–H and O–H groups in total. The molecule has 3 heterocycles. The van der Waals surface area contributed by atoms with Crippen LogP contribution < -0.4 is 4.74 Å². The van der Waals surface area contributed by atoms with E-state index in [1.54, 1.807) is 18.6 Å². The molecule has 0 aliphatic carbocycles. The highest BCUT2D eigenvalue weighted by atomic mass is 16.5.